The third-order valence-electron chi connectivity index (χ3n) is 5.96. The third-order valence-corrected chi connectivity index (χ3v) is 5.96. The molecule has 0 unspecified atom stereocenters. The number of hydrogen-bond acceptors (Lipinski definition) is 14. The number of hydrogen-bond donors (Lipinski definition) is 0. The molecule has 1 rings (SSSR count). The number of rotatable bonds is 39. The van der Waals surface area contributed by atoms with Gasteiger partial charge in [-0.05, 0) is 12.5 Å². The molecule has 280 valence electrons. The Labute approximate surface area is 286 Å². The highest BCUT2D eigenvalue weighted by atomic mass is 16.6. The summed E-state index contributed by atoms with van der Waals surface area (Å²) in [5.41, 5.74) is 1.16. The van der Waals surface area contributed by atoms with Crippen molar-refractivity contribution in [3.63, 3.8) is 0 Å². The Kier molecular flexibility index (Phi) is 35.0. The van der Waals surface area contributed by atoms with Crippen molar-refractivity contribution in [1.29, 1.82) is 0 Å². The molecule has 0 radical (unpaired) electrons. The van der Waals surface area contributed by atoms with Gasteiger partial charge in [-0.25, -0.2) is 0 Å². The summed E-state index contributed by atoms with van der Waals surface area (Å²) >= 11 is 0. The lowest BCUT2D eigenvalue weighted by Crippen LogP contribution is -2.15. The predicted molar refractivity (Wildman–Crippen MR) is 176 cm³/mol. The summed E-state index contributed by atoms with van der Waals surface area (Å²) in [7, 11) is 0. The van der Waals surface area contributed by atoms with E-state index in [1.165, 1.54) is 0 Å². The van der Waals surface area contributed by atoms with E-state index < -0.39 is 0 Å². The summed E-state index contributed by atoms with van der Waals surface area (Å²) in [5, 5.41) is 0. The van der Waals surface area contributed by atoms with Crippen molar-refractivity contribution in [2.75, 3.05) is 159 Å². The Bertz CT molecular complexity index is 773. The van der Waals surface area contributed by atoms with Crippen molar-refractivity contribution in [3.8, 4) is 0 Å². The molecule has 0 aliphatic heterocycles. The number of carbonyl (C=O) groups is 1. The van der Waals surface area contributed by atoms with Gasteiger partial charge in [0.25, 0.3) is 0 Å². The first-order valence-corrected chi connectivity index (χ1v) is 17.0. The van der Waals surface area contributed by atoms with Gasteiger partial charge >= 0.3 is 5.97 Å². The monoisotopic (exact) mass is 692 g/mol. The average Bonchev–Trinajstić information content (AvgIpc) is 3.10. The Morgan fingerprint density at radius 3 is 0.958 bits per heavy atom. The lowest BCUT2D eigenvalue weighted by Gasteiger charge is -2.09. The molecule has 0 spiro atoms. The van der Waals surface area contributed by atoms with Crippen LogP contribution >= 0.6 is 0 Å². The number of carbonyl (C=O) groups excluding carboxylic acids is 1. The molecule has 0 aromatic heterocycles. The minimum Gasteiger partial charge on any atom is -0.466 e. The minimum absolute atomic E-state index is 0.251. The zero-order chi connectivity index (χ0) is 34.3. The smallest absolute Gasteiger partial charge is 0.308 e. The number of ether oxygens (including phenoxy) is 13. The fourth-order valence-corrected chi connectivity index (χ4v) is 3.57. The third kappa shape index (κ3) is 34.1. The van der Waals surface area contributed by atoms with Crippen LogP contribution < -0.4 is 0 Å². The van der Waals surface area contributed by atoms with Gasteiger partial charge in [-0.3, -0.25) is 4.79 Å². The molecule has 0 aliphatic carbocycles. The van der Waals surface area contributed by atoms with E-state index in [4.69, 9.17) is 61.6 Å². The van der Waals surface area contributed by atoms with Crippen molar-refractivity contribution in [3.05, 3.63) is 35.9 Å². The van der Waals surface area contributed by atoms with Crippen molar-refractivity contribution >= 4 is 5.97 Å². The van der Waals surface area contributed by atoms with Crippen LogP contribution in [0.1, 0.15) is 18.9 Å². The van der Waals surface area contributed by atoms with Crippen LogP contribution in [0.15, 0.2) is 30.3 Å². The van der Waals surface area contributed by atoms with Crippen LogP contribution in [0.25, 0.3) is 0 Å². The minimum atomic E-state index is -0.251. The molecule has 14 heteroatoms. The molecule has 0 bridgehead atoms. The second kappa shape index (κ2) is 38.0. The zero-order valence-corrected chi connectivity index (χ0v) is 29.0. The molecule has 1 aromatic carbocycles. The van der Waals surface area contributed by atoms with Crippen LogP contribution in [-0.2, 0) is 73.0 Å². The first kappa shape index (κ1) is 44.2. The molecule has 0 N–H and O–H groups in total. The highest BCUT2D eigenvalue weighted by molar-refractivity contribution is 5.69. The highest BCUT2D eigenvalue weighted by Crippen LogP contribution is 2.00. The maximum Gasteiger partial charge on any atom is 0.308 e. The second-order valence-electron chi connectivity index (χ2n) is 9.83. The van der Waals surface area contributed by atoms with Gasteiger partial charge in [0.15, 0.2) is 0 Å². The van der Waals surface area contributed by atoms with E-state index in [1.54, 1.807) is 6.92 Å². The van der Waals surface area contributed by atoms with Gasteiger partial charge in [0, 0.05) is 0 Å². The molecular formula is C34H60O14. The molecule has 0 amide bonds. The largest absolute Gasteiger partial charge is 0.466 e. The molecule has 0 aliphatic rings. The van der Waals surface area contributed by atoms with E-state index >= 15 is 0 Å². The maximum absolute atomic E-state index is 11.2. The molecule has 0 heterocycles. The Morgan fingerprint density at radius 2 is 0.667 bits per heavy atom. The van der Waals surface area contributed by atoms with Gasteiger partial charge in [0.1, 0.15) is 0 Å². The Balaban J connectivity index is 1.61. The molecule has 0 saturated carbocycles. The van der Waals surface area contributed by atoms with Gasteiger partial charge in [-0.15, -0.1) is 0 Å². The zero-order valence-electron chi connectivity index (χ0n) is 29.0. The lowest BCUT2D eigenvalue weighted by atomic mass is 10.2. The van der Waals surface area contributed by atoms with E-state index in [1.807, 2.05) is 30.3 Å². The van der Waals surface area contributed by atoms with Gasteiger partial charge in [-0.2, -0.15) is 0 Å². The number of benzene rings is 1. The Morgan fingerprint density at radius 1 is 0.396 bits per heavy atom. The lowest BCUT2D eigenvalue weighted by molar-refractivity contribution is -0.144. The number of esters is 1. The first-order chi connectivity index (χ1) is 23.8. The normalized spacial score (nSPS) is 11.4. The summed E-state index contributed by atoms with van der Waals surface area (Å²) in [5.74, 6) is -0.251. The quantitative estimate of drug-likeness (QED) is 0.0737. The molecule has 0 atom stereocenters. The van der Waals surface area contributed by atoms with Gasteiger partial charge in [-0.1, -0.05) is 30.3 Å². The fraction of sp³-hybridized carbons (Fsp3) is 0.794. The fourth-order valence-electron chi connectivity index (χ4n) is 3.57. The molecule has 0 fully saturated rings. The van der Waals surface area contributed by atoms with Crippen molar-refractivity contribution in [1.82, 2.24) is 0 Å². The molecular weight excluding hydrogens is 632 g/mol. The van der Waals surface area contributed by atoms with Crippen LogP contribution in [0.2, 0.25) is 0 Å². The molecule has 14 nitrogen and oxygen atoms in total. The Hall–Kier alpha value is -1.79. The van der Waals surface area contributed by atoms with Crippen LogP contribution in [0.3, 0.4) is 0 Å². The van der Waals surface area contributed by atoms with Crippen molar-refractivity contribution in [2.24, 2.45) is 0 Å². The van der Waals surface area contributed by atoms with E-state index in [9.17, 15) is 4.79 Å². The van der Waals surface area contributed by atoms with Crippen LogP contribution in [0.4, 0.5) is 0 Å². The predicted octanol–water partition coefficient (Wildman–Crippen LogP) is 2.34. The maximum atomic E-state index is 11.2. The summed E-state index contributed by atoms with van der Waals surface area (Å²) in [4.78, 5) is 11.2. The van der Waals surface area contributed by atoms with Crippen molar-refractivity contribution < 1.29 is 66.4 Å². The highest BCUT2D eigenvalue weighted by Gasteiger charge is 2.01. The van der Waals surface area contributed by atoms with E-state index in [0.29, 0.717) is 165 Å². The molecule has 1 aromatic rings. The van der Waals surface area contributed by atoms with E-state index in [0.717, 1.165) is 5.56 Å². The molecule has 0 saturated heterocycles. The SMILES string of the molecule is CCOC(=O)CCOCCOCCOCCOCCOCCOCCOCCOCCOCCOCCOCCOCc1ccccc1. The van der Waals surface area contributed by atoms with Gasteiger partial charge in [0.05, 0.1) is 172 Å². The molecule has 48 heavy (non-hydrogen) atoms. The van der Waals surface area contributed by atoms with Crippen LogP contribution in [-0.4, -0.2) is 165 Å². The second-order valence-corrected chi connectivity index (χ2v) is 9.83. The summed E-state index contributed by atoms with van der Waals surface area (Å²) in [6.45, 7) is 14.1. The van der Waals surface area contributed by atoms with Gasteiger partial charge < -0.3 is 61.6 Å². The summed E-state index contributed by atoms with van der Waals surface area (Å²) < 4.78 is 70.3. The van der Waals surface area contributed by atoms with Crippen LogP contribution in [0.5, 0.6) is 0 Å². The van der Waals surface area contributed by atoms with E-state index in [2.05, 4.69) is 0 Å². The topological polar surface area (TPSA) is 137 Å². The first-order valence-electron chi connectivity index (χ1n) is 17.0. The van der Waals surface area contributed by atoms with Crippen molar-refractivity contribution in [2.45, 2.75) is 20.0 Å². The van der Waals surface area contributed by atoms with Gasteiger partial charge in [0.2, 0.25) is 0 Å². The average molecular weight is 693 g/mol. The standard InChI is InChI=1S/C34H60O14/c1-2-48-34(35)8-9-36-10-11-37-12-13-38-14-15-39-16-17-40-18-19-41-20-21-42-22-23-43-24-25-44-26-27-45-28-29-46-30-31-47-32-33-6-4-3-5-7-33/h3-7H,2,8-32H2,1H3. The summed E-state index contributed by atoms with van der Waals surface area (Å²) in [6, 6.07) is 10.1. The van der Waals surface area contributed by atoms with Crippen LogP contribution in [0, 0.1) is 0 Å². The summed E-state index contributed by atoms with van der Waals surface area (Å²) in [6.07, 6.45) is 0.256. The van der Waals surface area contributed by atoms with E-state index in [-0.39, 0.29) is 12.4 Å².